The molecular formula is C16H23N5O. The fraction of sp³-hybridized carbons (Fsp3) is 0.438. The molecule has 118 valence electrons. The molecule has 0 aliphatic rings. The topological polar surface area (TPSA) is 85.8 Å². The Morgan fingerprint density at radius 2 is 2.18 bits per heavy atom. The first-order valence-electron chi connectivity index (χ1n) is 7.47. The molecule has 2 aromatic rings. The summed E-state index contributed by atoms with van der Waals surface area (Å²) in [6, 6.07) is 5.53. The number of amides is 1. The smallest absolute Gasteiger partial charge is 0.251 e. The van der Waals surface area contributed by atoms with Crippen molar-refractivity contribution in [3.05, 3.63) is 42.0 Å². The Labute approximate surface area is 130 Å². The second kappa shape index (κ2) is 7.17. The van der Waals surface area contributed by atoms with Crippen LogP contribution in [0.25, 0.3) is 5.69 Å². The molecule has 0 radical (unpaired) electrons. The largest absolute Gasteiger partial charge is 0.348 e. The number of carbonyl (C=O) groups excluding carboxylic acids is 1. The van der Waals surface area contributed by atoms with Gasteiger partial charge in [0.1, 0.15) is 12.7 Å². The molecule has 1 atom stereocenters. The zero-order chi connectivity index (χ0) is 16.1. The Morgan fingerprint density at radius 3 is 2.73 bits per heavy atom. The molecule has 6 heteroatoms. The Balaban J connectivity index is 2.12. The van der Waals surface area contributed by atoms with Crippen LogP contribution in [-0.2, 0) is 0 Å². The third kappa shape index (κ3) is 3.92. The van der Waals surface area contributed by atoms with Gasteiger partial charge < -0.3 is 11.1 Å². The molecule has 0 spiro atoms. The molecule has 1 amide bonds. The van der Waals surface area contributed by atoms with Gasteiger partial charge in [-0.05, 0) is 43.0 Å². The molecule has 6 nitrogen and oxygen atoms in total. The van der Waals surface area contributed by atoms with E-state index in [1.54, 1.807) is 17.1 Å². The van der Waals surface area contributed by atoms with Crippen LogP contribution >= 0.6 is 0 Å². The Hall–Kier alpha value is -2.21. The summed E-state index contributed by atoms with van der Waals surface area (Å²) in [5.41, 5.74) is 8.23. The second-order valence-corrected chi connectivity index (χ2v) is 5.88. The minimum absolute atomic E-state index is 0.00259. The summed E-state index contributed by atoms with van der Waals surface area (Å²) in [5, 5.41) is 7.10. The van der Waals surface area contributed by atoms with Gasteiger partial charge in [0.25, 0.3) is 5.91 Å². The van der Waals surface area contributed by atoms with Crippen LogP contribution in [0, 0.1) is 12.8 Å². The van der Waals surface area contributed by atoms with E-state index in [2.05, 4.69) is 29.2 Å². The highest BCUT2D eigenvalue weighted by Crippen LogP contribution is 2.15. The average Bonchev–Trinajstić information content (AvgIpc) is 2.99. The normalized spacial score (nSPS) is 12.4. The number of hydrogen-bond donors (Lipinski definition) is 2. The van der Waals surface area contributed by atoms with Crippen LogP contribution in [0.5, 0.6) is 0 Å². The number of nitrogens with zero attached hydrogens (tertiary/aromatic N) is 3. The lowest BCUT2D eigenvalue weighted by atomic mass is 10.0. The highest BCUT2D eigenvalue weighted by molar-refractivity contribution is 5.94. The molecule has 1 aromatic heterocycles. The molecule has 3 N–H and O–H groups in total. The summed E-state index contributed by atoms with van der Waals surface area (Å²) in [5.74, 6) is 0.398. The number of carbonyl (C=O) groups is 1. The summed E-state index contributed by atoms with van der Waals surface area (Å²) >= 11 is 0. The standard InChI is InChI=1S/C16H23N5O/c1-11(2)6-14(8-17)20-16(22)13-4-5-15(12(3)7-13)21-10-18-9-19-21/h4-5,7,9-11,14H,6,8,17H2,1-3H3,(H,20,22). The molecule has 0 saturated carbocycles. The van der Waals surface area contributed by atoms with E-state index in [0.717, 1.165) is 17.7 Å². The molecule has 0 saturated heterocycles. The van der Waals surface area contributed by atoms with Gasteiger partial charge in [-0.15, -0.1) is 0 Å². The third-order valence-corrected chi connectivity index (χ3v) is 3.50. The summed E-state index contributed by atoms with van der Waals surface area (Å²) < 4.78 is 1.68. The lowest BCUT2D eigenvalue weighted by Crippen LogP contribution is -2.41. The average molecular weight is 301 g/mol. The van der Waals surface area contributed by atoms with Crippen LogP contribution < -0.4 is 11.1 Å². The number of nitrogens with two attached hydrogens (primary N) is 1. The monoisotopic (exact) mass is 301 g/mol. The van der Waals surface area contributed by atoms with Gasteiger partial charge >= 0.3 is 0 Å². The maximum absolute atomic E-state index is 12.3. The van der Waals surface area contributed by atoms with E-state index in [0.29, 0.717) is 18.0 Å². The van der Waals surface area contributed by atoms with E-state index in [1.165, 1.54) is 6.33 Å². The molecule has 1 unspecified atom stereocenters. The van der Waals surface area contributed by atoms with Gasteiger partial charge in [-0.1, -0.05) is 13.8 Å². The number of nitrogens with one attached hydrogen (secondary N) is 1. The number of aromatic nitrogens is 3. The molecule has 0 bridgehead atoms. The molecule has 1 aromatic carbocycles. The van der Waals surface area contributed by atoms with Crippen LogP contribution in [0.15, 0.2) is 30.9 Å². The highest BCUT2D eigenvalue weighted by atomic mass is 16.1. The van der Waals surface area contributed by atoms with E-state index >= 15 is 0 Å². The first kappa shape index (κ1) is 16.2. The lowest BCUT2D eigenvalue weighted by Gasteiger charge is -2.19. The molecule has 0 fully saturated rings. The van der Waals surface area contributed by atoms with Crippen LogP contribution in [0.2, 0.25) is 0 Å². The molecule has 1 heterocycles. The minimum Gasteiger partial charge on any atom is -0.348 e. The Kier molecular flexibility index (Phi) is 5.27. The summed E-state index contributed by atoms with van der Waals surface area (Å²) in [4.78, 5) is 16.3. The second-order valence-electron chi connectivity index (χ2n) is 5.88. The quantitative estimate of drug-likeness (QED) is 0.850. The van der Waals surface area contributed by atoms with Crippen LogP contribution in [-0.4, -0.2) is 33.3 Å². The molecule has 0 aliphatic heterocycles. The maximum Gasteiger partial charge on any atom is 0.251 e. The van der Waals surface area contributed by atoms with Gasteiger partial charge in [-0.2, -0.15) is 5.10 Å². The van der Waals surface area contributed by atoms with Crippen molar-refractivity contribution in [2.45, 2.75) is 33.2 Å². The Bertz CT molecular complexity index is 621. The summed E-state index contributed by atoms with van der Waals surface area (Å²) in [6.07, 6.45) is 3.99. The van der Waals surface area contributed by atoms with Gasteiger partial charge in [0.05, 0.1) is 5.69 Å². The first-order valence-corrected chi connectivity index (χ1v) is 7.47. The fourth-order valence-corrected chi connectivity index (χ4v) is 2.44. The van der Waals surface area contributed by atoms with E-state index in [4.69, 9.17) is 5.73 Å². The molecule has 0 aliphatic carbocycles. The van der Waals surface area contributed by atoms with Gasteiger partial charge in [-0.25, -0.2) is 9.67 Å². The number of rotatable bonds is 6. The van der Waals surface area contributed by atoms with Gasteiger partial charge in [-0.3, -0.25) is 4.79 Å². The molecule has 22 heavy (non-hydrogen) atoms. The van der Waals surface area contributed by atoms with Crippen molar-refractivity contribution in [1.29, 1.82) is 0 Å². The zero-order valence-electron chi connectivity index (χ0n) is 13.3. The van der Waals surface area contributed by atoms with E-state index < -0.39 is 0 Å². The van der Waals surface area contributed by atoms with Crippen molar-refractivity contribution in [1.82, 2.24) is 20.1 Å². The number of benzene rings is 1. The summed E-state index contributed by atoms with van der Waals surface area (Å²) in [7, 11) is 0. The maximum atomic E-state index is 12.3. The van der Waals surface area contributed by atoms with Gasteiger partial charge in [0, 0.05) is 18.2 Å². The predicted molar refractivity (Wildman–Crippen MR) is 85.9 cm³/mol. The van der Waals surface area contributed by atoms with E-state index in [9.17, 15) is 4.79 Å². The van der Waals surface area contributed by atoms with Crippen LogP contribution in [0.4, 0.5) is 0 Å². The van der Waals surface area contributed by atoms with E-state index in [-0.39, 0.29) is 11.9 Å². The van der Waals surface area contributed by atoms with Crippen molar-refractivity contribution < 1.29 is 4.79 Å². The molecule has 2 rings (SSSR count). The van der Waals surface area contributed by atoms with Gasteiger partial charge in [0.2, 0.25) is 0 Å². The highest BCUT2D eigenvalue weighted by Gasteiger charge is 2.15. The number of hydrogen-bond acceptors (Lipinski definition) is 4. The van der Waals surface area contributed by atoms with Crippen LogP contribution in [0.1, 0.15) is 36.2 Å². The van der Waals surface area contributed by atoms with Crippen molar-refractivity contribution >= 4 is 5.91 Å². The minimum atomic E-state index is -0.0932. The first-order chi connectivity index (χ1) is 10.5. The van der Waals surface area contributed by atoms with Crippen molar-refractivity contribution in [2.75, 3.05) is 6.54 Å². The zero-order valence-corrected chi connectivity index (χ0v) is 13.3. The van der Waals surface area contributed by atoms with Gasteiger partial charge in [0.15, 0.2) is 0 Å². The Morgan fingerprint density at radius 1 is 1.41 bits per heavy atom. The lowest BCUT2D eigenvalue weighted by molar-refractivity contribution is 0.0933. The predicted octanol–water partition coefficient (Wildman–Crippen LogP) is 1.68. The molecular weight excluding hydrogens is 278 g/mol. The van der Waals surface area contributed by atoms with Crippen LogP contribution in [0.3, 0.4) is 0 Å². The number of aryl methyl sites for hydroxylation is 1. The third-order valence-electron chi connectivity index (χ3n) is 3.50. The van der Waals surface area contributed by atoms with E-state index in [1.807, 2.05) is 19.1 Å². The SMILES string of the molecule is Cc1cc(C(=O)NC(CN)CC(C)C)ccc1-n1cncn1. The summed E-state index contributed by atoms with van der Waals surface area (Å²) in [6.45, 7) is 6.63. The van der Waals surface area contributed by atoms with Crippen molar-refractivity contribution in [3.8, 4) is 5.69 Å². The van der Waals surface area contributed by atoms with Crippen molar-refractivity contribution in [3.63, 3.8) is 0 Å². The van der Waals surface area contributed by atoms with Crippen molar-refractivity contribution in [2.24, 2.45) is 11.7 Å². The fourth-order valence-electron chi connectivity index (χ4n) is 2.44.